The van der Waals surface area contributed by atoms with Crippen LogP contribution in [0.3, 0.4) is 0 Å². The van der Waals surface area contributed by atoms with E-state index in [0.29, 0.717) is 0 Å². The number of carbonyl (C=O) groups excluding carboxylic acids is 1. The van der Waals surface area contributed by atoms with Crippen LogP contribution in [-0.4, -0.2) is 47.0 Å². The van der Waals surface area contributed by atoms with Crippen molar-refractivity contribution in [2.24, 2.45) is 5.16 Å². The van der Waals surface area contributed by atoms with Gasteiger partial charge in [0.15, 0.2) is 0 Å². The summed E-state index contributed by atoms with van der Waals surface area (Å²) in [4.78, 5) is 15.6. The third kappa shape index (κ3) is 6.77. The van der Waals surface area contributed by atoms with E-state index in [9.17, 15) is 9.00 Å². The summed E-state index contributed by atoms with van der Waals surface area (Å²) in [5.41, 5.74) is 0. The van der Waals surface area contributed by atoms with Gasteiger partial charge in [0.1, 0.15) is 5.04 Å². The number of thiol groups is 1. The lowest BCUT2D eigenvalue weighted by Gasteiger charge is -2.12. The molecular weight excluding hydrogens is 256 g/mol. The second kappa shape index (κ2) is 8.50. The molecule has 1 atom stereocenters. The summed E-state index contributed by atoms with van der Waals surface area (Å²) in [7, 11) is 2.74. The van der Waals surface area contributed by atoms with Crippen molar-refractivity contribution in [3.05, 3.63) is 0 Å². The van der Waals surface area contributed by atoms with Crippen molar-refractivity contribution in [3.63, 3.8) is 0 Å². The van der Waals surface area contributed by atoms with E-state index >= 15 is 0 Å². The Kier molecular flexibility index (Phi) is 8.16. The first kappa shape index (κ1) is 15.4. The maximum atomic E-state index is 11.3. The molecule has 0 spiro atoms. The molecule has 0 aromatic carbocycles. The van der Waals surface area contributed by atoms with Crippen molar-refractivity contribution in [1.29, 1.82) is 0 Å². The Morgan fingerprint density at radius 3 is 2.62 bits per heavy atom. The number of carbonyl (C=O) groups is 1. The SMILES string of the molecule is COCCOS(=O)N(C)C(=O)ON=C(C)S. The van der Waals surface area contributed by atoms with Gasteiger partial charge in [0.05, 0.1) is 13.2 Å². The number of hydrogen-bond acceptors (Lipinski definition) is 6. The van der Waals surface area contributed by atoms with Crippen LogP contribution in [-0.2, 0) is 25.0 Å². The normalized spacial score (nSPS) is 13.4. The molecule has 94 valence electrons. The van der Waals surface area contributed by atoms with Gasteiger partial charge in [-0.3, -0.25) is 9.02 Å². The number of methoxy groups -OCH3 is 1. The summed E-state index contributed by atoms with van der Waals surface area (Å²) in [5, 5.41) is 3.57. The highest BCUT2D eigenvalue weighted by atomic mass is 32.2. The van der Waals surface area contributed by atoms with E-state index in [-0.39, 0.29) is 18.3 Å². The smallest absolute Gasteiger partial charge is 0.382 e. The first-order chi connectivity index (χ1) is 7.49. The van der Waals surface area contributed by atoms with Gasteiger partial charge in [-0.15, -0.1) is 12.6 Å². The Morgan fingerprint density at radius 2 is 2.12 bits per heavy atom. The van der Waals surface area contributed by atoms with Crippen LogP contribution < -0.4 is 0 Å². The summed E-state index contributed by atoms with van der Waals surface area (Å²) in [6.07, 6.45) is -0.899. The van der Waals surface area contributed by atoms with Gasteiger partial charge in [-0.05, 0) is 6.92 Å². The Hall–Kier alpha value is -0.640. The van der Waals surface area contributed by atoms with E-state index in [4.69, 9.17) is 4.18 Å². The number of rotatable bonds is 6. The fraction of sp³-hybridized carbons (Fsp3) is 0.714. The third-order valence-corrected chi connectivity index (χ3v) is 2.25. The number of oxime groups is 1. The van der Waals surface area contributed by atoms with Gasteiger partial charge in [0.2, 0.25) is 0 Å². The Labute approximate surface area is 102 Å². The lowest BCUT2D eigenvalue weighted by Crippen LogP contribution is -2.30. The topological polar surface area (TPSA) is 77.4 Å². The first-order valence-electron chi connectivity index (χ1n) is 4.21. The van der Waals surface area contributed by atoms with Crippen LogP contribution in [0, 0.1) is 0 Å². The molecular formula is C7H14N2O5S2. The zero-order chi connectivity index (χ0) is 12.6. The van der Waals surface area contributed by atoms with Crippen molar-refractivity contribution in [1.82, 2.24) is 4.31 Å². The highest BCUT2D eigenvalue weighted by Crippen LogP contribution is 1.99. The van der Waals surface area contributed by atoms with Crippen LogP contribution in [0.15, 0.2) is 5.16 Å². The molecule has 0 aliphatic heterocycles. The van der Waals surface area contributed by atoms with Gasteiger partial charge >= 0.3 is 6.09 Å². The van der Waals surface area contributed by atoms with E-state index in [0.717, 1.165) is 4.31 Å². The third-order valence-electron chi connectivity index (χ3n) is 1.21. The predicted octanol–water partition coefficient (Wildman–Crippen LogP) is 0.560. The van der Waals surface area contributed by atoms with Crippen LogP contribution in [0.1, 0.15) is 6.92 Å². The number of ether oxygens (including phenoxy) is 1. The maximum absolute atomic E-state index is 11.3. The first-order valence-corrected chi connectivity index (χ1v) is 5.69. The summed E-state index contributed by atoms with van der Waals surface area (Å²) >= 11 is 1.87. The van der Waals surface area contributed by atoms with Crippen molar-refractivity contribution in [2.45, 2.75) is 6.92 Å². The lowest BCUT2D eigenvalue weighted by atomic mass is 10.8. The molecule has 0 bridgehead atoms. The molecule has 0 fully saturated rings. The molecule has 0 aliphatic rings. The Balaban J connectivity index is 4.02. The van der Waals surface area contributed by atoms with Crippen molar-refractivity contribution >= 4 is 35.0 Å². The quantitative estimate of drug-likeness (QED) is 0.190. The summed E-state index contributed by atoms with van der Waals surface area (Å²) in [6.45, 7) is 1.92. The van der Waals surface area contributed by atoms with Gasteiger partial charge in [-0.25, -0.2) is 13.3 Å². The average molecular weight is 270 g/mol. The van der Waals surface area contributed by atoms with Gasteiger partial charge in [0, 0.05) is 14.2 Å². The molecule has 0 saturated carbocycles. The Bertz CT molecular complexity index is 280. The molecule has 0 aromatic heterocycles. The molecule has 16 heavy (non-hydrogen) atoms. The molecule has 0 saturated heterocycles. The van der Waals surface area contributed by atoms with Crippen LogP contribution >= 0.6 is 12.6 Å². The second-order valence-corrected chi connectivity index (χ2v) is 4.39. The summed E-state index contributed by atoms with van der Waals surface area (Å²) < 4.78 is 21.5. The fourth-order valence-corrected chi connectivity index (χ4v) is 1.06. The highest BCUT2D eigenvalue weighted by molar-refractivity contribution is 7.96. The zero-order valence-electron chi connectivity index (χ0n) is 9.21. The summed E-state index contributed by atoms with van der Waals surface area (Å²) in [6, 6.07) is 0. The average Bonchev–Trinajstić information content (AvgIpc) is 2.24. The molecule has 1 amide bonds. The number of nitrogens with zero attached hydrogens (tertiary/aromatic N) is 2. The van der Waals surface area contributed by atoms with Crippen LogP contribution in [0.5, 0.6) is 0 Å². The van der Waals surface area contributed by atoms with Crippen molar-refractivity contribution < 1.29 is 22.8 Å². The molecule has 9 heteroatoms. The van der Waals surface area contributed by atoms with Crippen molar-refractivity contribution in [2.75, 3.05) is 27.4 Å². The molecule has 0 aromatic rings. The molecule has 1 unspecified atom stereocenters. The van der Waals surface area contributed by atoms with Gasteiger partial charge in [-0.2, -0.15) is 0 Å². The summed E-state index contributed by atoms with van der Waals surface area (Å²) in [5.74, 6) is 0. The molecule has 0 N–H and O–H groups in total. The van der Waals surface area contributed by atoms with E-state index in [2.05, 4.69) is 27.4 Å². The largest absolute Gasteiger partial charge is 0.449 e. The fourth-order valence-electron chi connectivity index (χ4n) is 0.491. The van der Waals surface area contributed by atoms with Gasteiger partial charge < -0.3 is 4.74 Å². The van der Waals surface area contributed by atoms with Crippen LogP contribution in [0.2, 0.25) is 0 Å². The minimum atomic E-state index is -1.93. The minimum absolute atomic E-state index is 0.107. The van der Waals surface area contributed by atoms with E-state index in [1.165, 1.54) is 21.1 Å². The van der Waals surface area contributed by atoms with Gasteiger partial charge in [-0.1, -0.05) is 5.16 Å². The van der Waals surface area contributed by atoms with Crippen LogP contribution in [0.4, 0.5) is 4.79 Å². The monoisotopic (exact) mass is 270 g/mol. The van der Waals surface area contributed by atoms with Crippen molar-refractivity contribution in [3.8, 4) is 0 Å². The number of amides is 1. The predicted molar refractivity (Wildman–Crippen MR) is 62.3 cm³/mol. The van der Waals surface area contributed by atoms with E-state index in [1.807, 2.05) is 0 Å². The minimum Gasteiger partial charge on any atom is -0.382 e. The van der Waals surface area contributed by atoms with Crippen LogP contribution in [0.25, 0.3) is 0 Å². The Morgan fingerprint density at radius 1 is 1.50 bits per heavy atom. The van der Waals surface area contributed by atoms with Gasteiger partial charge in [0.25, 0.3) is 11.3 Å². The van der Waals surface area contributed by atoms with E-state index in [1.54, 1.807) is 0 Å². The zero-order valence-corrected chi connectivity index (χ0v) is 10.9. The molecule has 7 nitrogen and oxygen atoms in total. The molecule has 0 radical (unpaired) electrons. The van der Waals surface area contributed by atoms with E-state index < -0.39 is 17.4 Å². The maximum Gasteiger partial charge on any atom is 0.449 e. The molecule has 0 aliphatic carbocycles. The molecule has 0 heterocycles. The molecule has 0 rings (SSSR count). The highest BCUT2D eigenvalue weighted by Gasteiger charge is 2.18. The number of hydrogen-bond donors (Lipinski definition) is 1. The second-order valence-electron chi connectivity index (χ2n) is 2.53. The standard InChI is InChI=1S/C7H14N2O5S2/c1-6(15)8-14-7(10)9(2)16(11)13-5-4-12-3/h4-5H2,1-3H3,(H,8,15). The lowest BCUT2D eigenvalue weighted by molar-refractivity contribution is 0.127.